The molecule has 6 heteroatoms. The number of carbonyl (C=O) groups is 1. The minimum Gasteiger partial charge on any atom is -0.457 e. The van der Waals surface area contributed by atoms with E-state index < -0.39 is 0 Å². The molecule has 134 valence electrons. The maximum absolute atomic E-state index is 12.1. The maximum Gasteiger partial charge on any atom is 0.251 e. The Morgan fingerprint density at radius 2 is 2.00 bits per heavy atom. The van der Waals surface area contributed by atoms with E-state index in [2.05, 4.69) is 10.6 Å². The molecule has 1 aliphatic rings. The van der Waals surface area contributed by atoms with Crippen LogP contribution in [0.25, 0.3) is 0 Å². The highest BCUT2D eigenvalue weighted by atomic mass is 35.5. The molecule has 2 aromatic carbocycles. The molecule has 0 spiro atoms. The van der Waals surface area contributed by atoms with Crippen molar-refractivity contribution in [3.05, 3.63) is 59.1 Å². The second-order valence-corrected chi connectivity index (χ2v) is 6.42. The molecule has 0 aliphatic carbocycles. The number of rotatable bonds is 6. The van der Waals surface area contributed by atoms with Gasteiger partial charge in [0.2, 0.25) is 0 Å². The smallest absolute Gasteiger partial charge is 0.251 e. The largest absolute Gasteiger partial charge is 0.457 e. The lowest BCUT2D eigenvalue weighted by Gasteiger charge is -2.10. The normalized spacial score (nSPS) is 16.1. The van der Waals surface area contributed by atoms with Crippen LogP contribution in [0.2, 0.25) is 5.02 Å². The van der Waals surface area contributed by atoms with Gasteiger partial charge in [0.1, 0.15) is 11.5 Å². The first-order valence-electron chi connectivity index (χ1n) is 8.23. The first-order chi connectivity index (χ1) is 11.7. The van der Waals surface area contributed by atoms with Crippen molar-refractivity contribution in [3.8, 4) is 11.5 Å². The molecular weight excluding hydrogens is 359 g/mol. The van der Waals surface area contributed by atoms with Crippen LogP contribution in [0.3, 0.4) is 0 Å². The van der Waals surface area contributed by atoms with Crippen LogP contribution in [0.5, 0.6) is 11.5 Å². The third-order valence-corrected chi connectivity index (χ3v) is 4.38. The van der Waals surface area contributed by atoms with Crippen LogP contribution >= 0.6 is 24.0 Å². The Bertz CT molecular complexity index is 686. The number of nitrogens with one attached hydrogen (secondary N) is 2. The number of carbonyl (C=O) groups excluding carboxylic acids is 1. The van der Waals surface area contributed by atoms with Crippen molar-refractivity contribution in [3.63, 3.8) is 0 Å². The second-order valence-electron chi connectivity index (χ2n) is 5.99. The average Bonchev–Trinajstić information content (AvgIpc) is 3.09. The topological polar surface area (TPSA) is 50.4 Å². The van der Waals surface area contributed by atoms with E-state index in [0.29, 0.717) is 34.5 Å². The van der Waals surface area contributed by atoms with Gasteiger partial charge in [-0.15, -0.1) is 12.4 Å². The van der Waals surface area contributed by atoms with Crippen LogP contribution in [0.4, 0.5) is 0 Å². The molecule has 2 aromatic rings. The molecule has 1 saturated heterocycles. The Labute approximate surface area is 159 Å². The van der Waals surface area contributed by atoms with Gasteiger partial charge in [-0.1, -0.05) is 17.7 Å². The molecule has 25 heavy (non-hydrogen) atoms. The molecule has 1 fully saturated rings. The summed E-state index contributed by atoms with van der Waals surface area (Å²) in [5.74, 6) is 1.98. The number of ether oxygens (including phenoxy) is 1. The lowest BCUT2D eigenvalue weighted by Crippen LogP contribution is -2.26. The lowest BCUT2D eigenvalue weighted by atomic mass is 10.1. The van der Waals surface area contributed by atoms with Gasteiger partial charge in [-0.2, -0.15) is 0 Å². The van der Waals surface area contributed by atoms with E-state index in [1.807, 2.05) is 12.1 Å². The molecule has 1 atom stereocenters. The van der Waals surface area contributed by atoms with Crippen molar-refractivity contribution < 1.29 is 9.53 Å². The quantitative estimate of drug-likeness (QED) is 0.785. The molecule has 1 heterocycles. The van der Waals surface area contributed by atoms with Gasteiger partial charge in [-0.3, -0.25) is 4.79 Å². The molecule has 0 saturated carbocycles. The Hall–Kier alpha value is -1.75. The van der Waals surface area contributed by atoms with E-state index in [9.17, 15) is 4.79 Å². The Balaban J connectivity index is 0.00000225. The fourth-order valence-electron chi connectivity index (χ4n) is 2.79. The van der Waals surface area contributed by atoms with Gasteiger partial charge < -0.3 is 15.4 Å². The summed E-state index contributed by atoms with van der Waals surface area (Å²) in [4.78, 5) is 12.1. The first kappa shape index (κ1) is 19.6. The minimum absolute atomic E-state index is 0. The SMILES string of the molecule is Cl.O=C(NCCC1CCNC1)c1ccc(Oc2cccc(Cl)c2)cc1. The van der Waals surface area contributed by atoms with Crippen LogP contribution in [-0.2, 0) is 0 Å². The lowest BCUT2D eigenvalue weighted by molar-refractivity contribution is 0.0951. The third-order valence-electron chi connectivity index (χ3n) is 4.15. The van der Waals surface area contributed by atoms with Gasteiger partial charge in [-0.25, -0.2) is 0 Å². The van der Waals surface area contributed by atoms with Crippen molar-refractivity contribution in [2.75, 3.05) is 19.6 Å². The van der Waals surface area contributed by atoms with Gasteiger partial charge in [-0.05, 0) is 74.3 Å². The highest BCUT2D eigenvalue weighted by Gasteiger charge is 2.14. The molecule has 0 radical (unpaired) electrons. The summed E-state index contributed by atoms with van der Waals surface area (Å²) in [7, 11) is 0. The Morgan fingerprint density at radius 1 is 1.20 bits per heavy atom. The summed E-state index contributed by atoms with van der Waals surface area (Å²) in [6.45, 7) is 2.87. The maximum atomic E-state index is 12.1. The molecule has 1 amide bonds. The predicted octanol–water partition coefficient (Wildman–Crippen LogP) is 4.28. The predicted molar refractivity (Wildman–Crippen MR) is 103 cm³/mol. The fraction of sp³-hybridized carbons (Fsp3) is 0.316. The number of halogens is 2. The summed E-state index contributed by atoms with van der Waals surface area (Å²) in [6.07, 6.45) is 2.22. The monoisotopic (exact) mass is 380 g/mol. The zero-order chi connectivity index (χ0) is 16.8. The highest BCUT2D eigenvalue weighted by Crippen LogP contribution is 2.24. The van der Waals surface area contributed by atoms with Crippen molar-refractivity contribution in [1.29, 1.82) is 0 Å². The summed E-state index contributed by atoms with van der Waals surface area (Å²) >= 11 is 5.94. The van der Waals surface area contributed by atoms with Crippen LogP contribution in [0.15, 0.2) is 48.5 Å². The van der Waals surface area contributed by atoms with Crippen molar-refractivity contribution in [2.45, 2.75) is 12.8 Å². The zero-order valence-corrected chi connectivity index (χ0v) is 15.4. The van der Waals surface area contributed by atoms with E-state index in [4.69, 9.17) is 16.3 Å². The average molecular weight is 381 g/mol. The number of hydrogen-bond acceptors (Lipinski definition) is 3. The van der Waals surface area contributed by atoms with E-state index in [1.165, 1.54) is 6.42 Å². The molecule has 4 nitrogen and oxygen atoms in total. The molecular formula is C19H22Cl2N2O2. The van der Waals surface area contributed by atoms with Gasteiger partial charge >= 0.3 is 0 Å². The van der Waals surface area contributed by atoms with E-state index in [-0.39, 0.29) is 18.3 Å². The summed E-state index contributed by atoms with van der Waals surface area (Å²) < 4.78 is 5.72. The molecule has 2 N–H and O–H groups in total. The third kappa shape index (κ3) is 5.92. The highest BCUT2D eigenvalue weighted by molar-refractivity contribution is 6.30. The summed E-state index contributed by atoms with van der Waals surface area (Å²) in [6, 6.07) is 14.3. The first-order valence-corrected chi connectivity index (χ1v) is 8.61. The van der Waals surface area contributed by atoms with E-state index in [1.54, 1.807) is 36.4 Å². The van der Waals surface area contributed by atoms with Crippen LogP contribution in [0.1, 0.15) is 23.2 Å². The Morgan fingerprint density at radius 3 is 2.68 bits per heavy atom. The van der Waals surface area contributed by atoms with Gasteiger partial charge in [0.25, 0.3) is 5.91 Å². The van der Waals surface area contributed by atoms with Gasteiger partial charge in [0.05, 0.1) is 0 Å². The van der Waals surface area contributed by atoms with E-state index >= 15 is 0 Å². The molecule has 1 unspecified atom stereocenters. The van der Waals surface area contributed by atoms with Gasteiger partial charge in [0, 0.05) is 17.1 Å². The molecule has 3 rings (SSSR count). The van der Waals surface area contributed by atoms with Crippen LogP contribution in [0, 0.1) is 5.92 Å². The van der Waals surface area contributed by atoms with Crippen LogP contribution < -0.4 is 15.4 Å². The second kappa shape index (κ2) is 9.66. The number of benzene rings is 2. The zero-order valence-electron chi connectivity index (χ0n) is 13.8. The standard InChI is InChI=1S/C19H21ClN2O2.ClH/c20-16-2-1-3-18(12-16)24-17-6-4-15(5-7-17)19(23)22-11-9-14-8-10-21-13-14;/h1-7,12,14,21H,8-11,13H2,(H,22,23);1H. The van der Waals surface area contributed by atoms with Crippen molar-refractivity contribution >= 4 is 29.9 Å². The minimum atomic E-state index is -0.0461. The number of amides is 1. The Kier molecular flexibility index (Phi) is 7.56. The van der Waals surface area contributed by atoms with Crippen molar-refractivity contribution in [2.24, 2.45) is 5.92 Å². The fourth-order valence-corrected chi connectivity index (χ4v) is 2.97. The summed E-state index contributed by atoms with van der Waals surface area (Å²) in [5.41, 5.74) is 0.637. The molecule has 0 bridgehead atoms. The van der Waals surface area contributed by atoms with Crippen LogP contribution in [-0.4, -0.2) is 25.5 Å². The van der Waals surface area contributed by atoms with Crippen molar-refractivity contribution in [1.82, 2.24) is 10.6 Å². The number of hydrogen-bond donors (Lipinski definition) is 2. The summed E-state index contributed by atoms with van der Waals surface area (Å²) in [5, 5.41) is 6.94. The molecule has 0 aromatic heterocycles. The van der Waals surface area contributed by atoms with Gasteiger partial charge in [0.15, 0.2) is 0 Å². The van der Waals surface area contributed by atoms with E-state index in [0.717, 1.165) is 19.5 Å². The molecule has 1 aliphatic heterocycles.